The van der Waals surface area contributed by atoms with Crippen molar-refractivity contribution < 1.29 is 14.0 Å². The number of fused-ring (bicyclic) bond motifs is 6. The number of furan rings is 1. The first kappa shape index (κ1) is 23.5. The molecule has 0 spiro atoms. The minimum atomic E-state index is -0.501. The third-order valence-electron chi connectivity index (χ3n) is 9.77. The zero-order chi connectivity index (χ0) is 40.5. The lowest BCUT2D eigenvalue weighted by atomic mass is 9.95. The van der Waals surface area contributed by atoms with Crippen molar-refractivity contribution in [2.24, 2.45) is 0 Å². The van der Waals surface area contributed by atoms with Crippen molar-refractivity contribution in [2.75, 3.05) is 4.90 Å². The van der Waals surface area contributed by atoms with Gasteiger partial charge in [0.25, 0.3) is 0 Å². The summed E-state index contributed by atoms with van der Waals surface area (Å²) in [5.74, 6) is 0. The number of rotatable bonds is 6. The second kappa shape index (κ2) is 12.5. The monoisotopic (exact) mass is 670 g/mol. The van der Waals surface area contributed by atoms with E-state index in [0.717, 1.165) is 60.5 Å². The van der Waals surface area contributed by atoms with Crippen LogP contribution in [0.4, 0.5) is 17.1 Å². The molecule has 9 aromatic carbocycles. The van der Waals surface area contributed by atoms with Gasteiger partial charge in [0.15, 0.2) is 0 Å². The van der Waals surface area contributed by atoms with Gasteiger partial charge in [-0.3, -0.25) is 0 Å². The molecule has 0 bridgehead atoms. The van der Waals surface area contributed by atoms with Gasteiger partial charge < -0.3 is 9.32 Å². The van der Waals surface area contributed by atoms with Crippen LogP contribution >= 0.6 is 0 Å². The smallest absolute Gasteiger partial charge is 0.143 e. The summed E-state index contributed by atoms with van der Waals surface area (Å²) in [6.07, 6.45) is 0. The molecule has 0 aliphatic heterocycles. The van der Waals surface area contributed by atoms with E-state index in [-0.39, 0.29) is 28.5 Å². The molecule has 10 rings (SSSR count). The van der Waals surface area contributed by atoms with Crippen molar-refractivity contribution in [3.05, 3.63) is 200 Å². The minimum Gasteiger partial charge on any atom is -0.455 e. The van der Waals surface area contributed by atoms with Crippen LogP contribution in [0.2, 0.25) is 0 Å². The highest BCUT2D eigenvalue weighted by Crippen LogP contribution is 2.47. The van der Waals surface area contributed by atoms with Crippen molar-refractivity contribution >= 4 is 60.5 Å². The first-order valence-corrected chi connectivity index (χ1v) is 17.2. The van der Waals surface area contributed by atoms with E-state index in [4.69, 9.17) is 11.3 Å². The molecular weight excluding hydrogens is 631 g/mol. The topological polar surface area (TPSA) is 16.4 Å². The van der Waals surface area contributed by atoms with E-state index < -0.39 is 30.2 Å². The maximum absolute atomic E-state index is 9.47. The predicted molar refractivity (Wildman–Crippen MR) is 220 cm³/mol. The molecule has 0 unspecified atom stereocenters. The van der Waals surface area contributed by atoms with Crippen LogP contribution in [0.3, 0.4) is 0 Å². The van der Waals surface area contributed by atoms with Crippen LogP contribution < -0.4 is 4.90 Å². The molecule has 0 N–H and O–H groups in total. The third kappa shape index (κ3) is 5.04. The fourth-order valence-electron chi connectivity index (χ4n) is 7.34. The van der Waals surface area contributed by atoms with Gasteiger partial charge >= 0.3 is 0 Å². The molecule has 2 nitrogen and oxygen atoms in total. The van der Waals surface area contributed by atoms with E-state index >= 15 is 0 Å². The summed E-state index contributed by atoms with van der Waals surface area (Å²) in [6.45, 7) is 0. The Morgan fingerprint density at radius 2 is 1.12 bits per heavy atom. The highest BCUT2D eigenvalue weighted by atomic mass is 16.3. The Labute approximate surface area is 312 Å². The van der Waals surface area contributed by atoms with Crippen LogP contribution in [0.25, 0.3) is 76.9 Å². The van der Waals surface area contributed by atoms with E-state index in [1.54, 1.807) is 4.90 Å². The van der Waals surface area contributed by atoms with E-state index in [2.05, 4.69) is 48.5 Å². The lowest BCUT2D eigenvalue weighted by molar-refractivity contribution is 0.673. The lowest BCUT2D eigenvalue weighted by Crippen LogP contribution is -2.11. The second-order valence-corrected chi connectivity index (χ2v) is 12.8. The molecule has 10 aromatic rings. The van der Waals surface area contributed by atoms with Gasteiger partial charge in [-0.25, -0.2) is 0 Å². The van der Waals surface area contributed by atoms with Gasteiger partial charge in [-0.15, -0.1) is 0 Å². The summed E-state index contributed by atoms with van der Waals surface area (Å²) in [5, 5.41) is 3.77. The standard InChI is InChI=1S/C50H33NO/c1-2-13-34(14-3-1)38-18-10-19-39(33-38)35-27-30-40(31-28-35)51(46-25-11-17-36-15-4-6-20-41(36)46)47-24-9-8-22-43(47)44-23-12-26-48-49(44)45-32-29-37-16-5-7-21-42(37)50(45)52-48/h1-33H/i4D,6D,11D,15D,17D,20D,25D. The number of benzene rings is 9. The summed E-state index contributed by atoms with van der Waals surface area (Å²) in [6, 6.07) is 49.2. The van der Waals surface area contributed by atoms with Gasteiger partial charge in [0.05, 0.1) is 21.0 Å². The number of para-hydroxylation sites is 1. The van der Waals surface area contributed by atoms with Gasteiger partial charge in [-0.1, -0.05) is 158 Å². The molecule has 0 fully saturated rings. The Kier molecular flexibility index (Phi) is 5.63. The second-order valence-electron chi connectivity index (χ2n) is 12.8. The number of anilines is 3. The summed E-state index contributed by atoms with van der Waals surface area (Å²) >= 11 is 0. The molecule has 0 saturated heterocycles. The summed E-state index contributed by atoms with van der Waals surface area (Å²) in [5.41, 5.74) is 8.50. The molecule has 244 valence electrons. The van der Waals surface area contributed by atoms with Gasteiger partial charge in [0, 0.05) is 32.8 Å². The predicted octanol–water partition coefficient (Wildman–Crippen LogP) is 14.4. The molecule has 0 aliphatic carbocycles. The van der Waals surface area contributed by atoms with Crippen molar-refractivity contribution in [2.45, 2.75) is 0 Å². The number of hydrogen-bond donors (Lipinski definition) is 0. The fourth-order valence-corrected chi connectivity index (χ4v) is 7.34. The molecule has 0 amide bonds. The molecule has 52 heavy (non-hydrogen) atoms. The SMILES string of the molecule is [2H]c1c([2H])c([2H])c2c(N(c3ccc(-c4cccc(-c5ccccc5)c4)cc3)c3ccccc3-c3cccc4oc5c6ccccc6ccc5c34)c([2H])c([2H])c([2H])c2c1[2H]. The first-order chi connectivity index (χ1) is 28.7. The van der Waals surface area contributed by atoms with Crippen LogP contribution in [0, 0.1) is 0 Å². The fraction of sp³-hybridized carbons (Fsp3) is 0. The maximum Gasteiger partial charge on any atom is 0.143 e. The molecule has 2 heteroatoms. The van der Waals surface area contributed by atoms with Crippen molar-refractivity contribution in [1.82, 2.24) is 0 Å². The number of hydrogen-bond acceptors (Lipinski definition) is 2. The van der Waals surface area contributed by atoms with Crippen molar-refractivity contribution in [3.8, 4) is 33.4 Å². The first-order valence-electron chi connectivity index (χ1n) is 20.7. The minimum absolute atomic E-state index is 0.00474. The van der Waals surface area contributed by atoms with Crippen LogP contribution in [-0.2, 0) is 0 Å². The Bertz CT molecular complexity index is 3300. The average Bonchev–Trinajstić information content (AvgIpc) is 3.68. The van der Waals surface area contributed by atoms with Crippen LogP contribution in [0.1, 0.15) is 9.60 Å². The largest absolute Gasteiger partial charge is 0.455 e. The highest BCUT2D eigenvalue weighted by Gasteiger charge is 2.22. The van der Waals surface area contributed by atoms with E-state index in [0.29, 0.717) is 17.0 Å². The summed E-state index contributed by atoms with van der Waals surface area (Å²) in [4.78, 5) is 1.80. The van der Waals surface area contributed by atoms with Crippen molar-refractivity contribution in [1.29, 1.82) is 0 Å². The molecule has 0 atom stereocenters. The van der Waals surface area contributed by atoms with Gasteiger partial charge in [0.2, 0.25) is 0 Å². The van der Waals surface area contributed by atoms with Gasteiger partial charge in [-0.05, 0) is 81.0 Å². The quantitative estimate of drug-likeness (QED) is 0.175. The summed E-state index contributed by atoms with van der Waals surface area (Å²) in [7, 11) is 0. The van der Waals surface area contributed by atoms with Gasteiger partial charge in [-0.2, -0.15) is 0 Å². The highest BCUT2D eigenvalue weighted by molar-refractivity contribution is 6.20. The molecule has 0 aliphatic rings. The molecule has 1 heterocycles. The van der Waals surface area contributed by atoms with Crippen molar-refractivity contribution in [3.63, 3.8) is 0 Å². The Morgan fingerprint density at radius 3 is 2.00 bits per heavy atom. The van der Waals surface area contributed by atoms with Crippen LogP contribution in [0.5, 0.6) is 0 Å². The molecular formula is C50H33NO. The average molecular weight is 671 g/mol. The van der Waals surface area contributed by atoms with Crippen LogP contribution in [-0.4, -0.2) is 0 Å². The Morgan fingerprint density at radius 1 is 0.423 bits per heavy atom. The summed E-state index contributed by atoms with van der Waals surface area (Å²) < 4.78 is 69.2. The molecule has 1 aromatic heterocycles. The van der Waals surface area contributed by atoms with E-state index in [9.17, 15) is 2.74 Å². The van der Waals surface area contributed by atoms with Crippen LogP contribution in [0.15, 0.2) is 204 Å². The van der Waals surface area contributed by atoms with E-state index in [1.165, 1.54) is 0 Å². The molecule has 0 saturated carbocycles. The zero-order valence-electron chi connectivity index (χ0n) is 34.9. The van der Waals surface area contributed by atoms with E-state index in [1.807, 2.05) is 109 Å². The Hall–Kier alpha value is -6.90. The Balaban J connectivity index is 1.25. The lowest BCUT2D eigenvalue weighted by Gasteiger charge is -2.29. The number of nitrogens with zero attached hydrogens (tertiary/aromatic N) is 1. The van der Waals surface area contributed by atoms with Gasteiger partial charge in [0.1, 0.15) is 11.2 Å². The third-order valence-corrected chi connectivity index (χ3v) is 9.77. The normalized spacial score (nSPS) is 13.3. The zero-order valence-corrected chi connectivity index (χ0v) is 27.9. The molecule has 0 radical (unpaired) electrons. The maximum atomic E-state index is 9.47.